The molecule has 0 bridgehead atoms. The molecular weight excluding hydrogens is 472 g/mol. The Morgan fingerprint density at radius 1 is 1.14 bits per heavy atom. The van der Waals surface area contributed by atoms with Crippen molar-refractivity contribution in [1.82, 2.24) is 15.1 Å². The summed E-state index contributed by atoms with van der Waals surface area (Å²) in [5.74, 6) is -0.688. The van der Waals surface area contributed by atoms with Crippen molar-refractivity contribution in [2.45, 2.75) is 51.0 Å². The lowest BCUT2D eigenvalue weighted by Crippen LogP contribution is -2.30. The maximum Gasteiger partial charge on any atom is 0.266 e. The van der Waals surface area contributed by atoms with Gasteiger partial charge in [0, 0.05) is 23.1 Å². The molecule has 2 aromatic rings. The first-order valence-corrected chi connectivity index (χ1v) is 12.3. The van der Waals surface area contributed by atoms with Gasteiger partial charge in [0.1, 0.15) is 29.0 Å². The van der Waals surface area contributed by atoms with Gasteiger partial charge >= 0.3 is 0 Å². The molecule has 1 heterocycles. The Morgan fingerprint density at radius 3 is 2.49 bits per heavy atom. The zero-order chi connectivity index (χ0) is 26.5. The number of hydrogen-bond acceptors (Lipinski definition) is 8. The van der Waals surface area contributed by atoms with E-state index >= 15 is 0 Å². The van der Waals surface area contributed by atoms with Crippen LogP contribution in [-0.2, 0) is 9.59 Å². The van der Waals surface area contributed by atoms with Crippen molar-refractivity contribution in [3.05, 3.63) is 53.4 Å². The monoisotopic (exact) mass is 504 g/mol. The van der Waals surface area contributed by atoms with Crippen molar-refractivity contribution in [3.8, 4) is 22.9 Å². The summed E-state index contributed by atoms with van der Waals surface area (Å²) in [4.78, 5) is 24.0. The van der Waals surface area contributed by atoms with E-state index in [1.54, 1.807) is 18.3 Å². The Bertz CT molecular complexity index is 1290. The van der Waals surface area contributed by atoms with Gasteiger partial charge in [-0.1, -0.05) is 31.4 Å². The predicted molar refractivity (Wildman–Crippen MR) is 138 cm³/mol. The second kappa shape index (κ2) is 11.1. The van der Waals surface area contributed by atoms with Crippen LogP contribution >= 0.6 is 0 Å². The molecule has 2 aliphatic rings. The van der Waals surface area contributed by atoms with Gasteiger partial charge in [0.2, 0.25) is 5.91 Å². The topological polar surface area (TPSA) is 187 Å². The van der Waals surface area contributed by atoms with E-state index in [1.165, 1.54) is 19.6 Å². The van der Waals surface area contributed by atoms with Crippen molar-refractivity contribution >= 4 is 17.5 Å². The Labute approximate surface area is 215 Å². The molecule has 37 heavy (non-hydrogen) atoms. The first kappa shape index (κ1) is 25.6. The maximum atomic E-state index is 12.1. The average molecular weight is 505 g/mol. The van der Waals surface area contributed by atoms with Gasteiger partial charge in [-0.3, -0.25) is 14.3 Å². The number of aromatic nitrogens is 2. The number of benzene rings is 1. The van der Waals surface area contributed by atoms with Gasteiger partial charge in [-0.25, -0.2) is 0 Å². The minimum atomic E-state index is -0.865. The normalized spacial score (nSPS) is 16.9. The molecule has 0 unspecified atom stereocenters. The second-order valence-corrected chi connectivity index (χ2v) is 9.32. The average Bonchev–Trinajstić information content (AvgIpc) is 3.67. The number of primary amides is 1. The first-order valence-electron chi connectivity index (χ1n) is 12.3. The van der Waals surface area contributed by atoms with Crippen molar-refractivity contribution in [3.63, 3.8) is 0 Å². The molecule has 11 heteroatoms. The number of para-hydroxylation sites is 1. The van der Waals surface area contributed by atoms with Crippen LogP contribution in [0.4, 0.5) is 5.69 Å². The highest BCUT2D eigenvalue weighted by atomic mass is 16.5. The van der Waals surface area contributed by atoms with E-state index in [4.69, 9.17) is 21.9 Å². The van der Waals surface area contributed by atoms with E-state index in [0.717, 1.165) is 38.5 Å². The van der Waals surface area contributed by atoms with Crippen LogP contribution in [0.3, 0.4) is 0 Å². The molecule has 2 amide bonds. The number of nitrogens with one attached hydrogen (secondary N) is 2. The molecule has 11 nitrogen and oxygen atoms in total. The smallest absolute Gasteiger partial charge is 0.266 e. The van der Waals surface area contributed by atoms with E-state index in [1.807, 2.05) is 10.7 Å². The van der Waals surface area contributed by atoms with Crippen LogP contribution in [0.5, 0.6) is 5.75 Å². The number of nitrogens with two attached hydrogens (primary N) is 3. The van der Waals surface area contributed by atoms with Crippen LogP contribution in [0.15, 0.2) is 47.7 Å². The van der Waals surface area contributed by atoms with Crippen molar-refractivity contribution in [2.24, 2.45) is 23.1 Å². The number of nitrogens with zero attached hydrogens (tertiary/aromatic N) is 3. The molecule has 0 aliphatic heterocycles. The highest BCUT2D eigenvalue weighted by Crippen LogP contribution is 2.40. The van der Waals surface area contributed by atoms with Crippen molar-refractivity contribution < 1.29 is 14.3 Å². The third-order valence-electron chi connectivity index (χ3n) is 6.67. The number of carbonyl (C=O) groups is 2. The van der Waals surface area contributed by atoms with Crippen molar-refractivity contribution in [1.29, 1.82) is 5.26 Å². The fourth-order valence-electron chi connectivity index (χ4n) is 4.58. The number of nitriles is 1. The Hall–Kier alpha value is -4.46. The van der Waals surface area contributed by atoms with Crippen LogP contribution in [0.2, 0.25) is 0 Å². The van der Waals surface area contributed by atoms with Gasteiger partial charge in [-0.2, -0.15) is 10.4 Å². The molecule has 0 radical (unpaired) electrons. The highest BCUT2D eigenvalue weighted by Gasteiger charge is 2.30. The number of allylic oxidation sites excluding steroid dienone is 1. The summed E-state index contributed by atoms with van der Waals surface area (Å²) in [5.41, 5.74) is 19.4. The molecule has 0 saturated heterocycles. The fraction of sp³-hybridized carbons (Fsp3) is 0.385. The predicted octanol–water partition coefficient (Wildman–Crippen LogP) is 2.33. The van der Waals surface area contributed by atoms with Crippen LogP contribution in [-0.4, -0.2) is 28.7 Å². The van der Waals surface area contributed by atoms with E-state index in [0.29, 0.717) is 28.3 Å². The number of amides is 2. The minimum Gasteiger partial charge on any atom is -0.494 e. The Balaban J connectivity index is 1.70. The van der Waals surface area contributed by atoms with Gasteiger partial charge in [0.15, 0.2) is 0 Å². The van der Waals surface area contributed by atoms with E-state index in [9.17, 15) is 14.9 Å². The molecule has 8 N–H and O–H groups in total. The number of methoxy groups -OCH3 is 1. The quantitative estimate of drug-likeness (QED) is 0.254. The summed E-state index contributed by atoms with van der Waals surface area (Å²) in [6, 6.07) is 7.83. The van der Waals surface area contributed by atoms with Crippen LogP contribution in [0.25, 0.3) is 11.1 Å². The summed E-state index contributed by atoms with van der Waals surface area (Å²) in [6.45, 7) is 0. The van der Waals surface area contributed by atoms with Crippen LogP contribution in [0.1, 0.15) is 56.7 Å². The fourth-order valence-corrected chi connectivity index (χ4v) is 4.58. The number of rotatable bonds is 9. The Morgan fingerprint density at radius 2 is 1.86 bits per heavy atom. The molecule has 2 saturated carbocycles. The van der Waals surface area contributed by atoms with Gasteiger partial charge in [0.25, 0.3) is 5.91 Å². The molecule has 4 rings (SSSR count). The SMILES string of the molecule is COc1c(NC(/C=C(\N)NC(=O)C2CC2)=C(/N)C(N)=O)cccc1-c1cnn(C2CCCCC2)c1C#N. The molecule has 1 aromatic carbocycles. The molecule has 1 aromatic heterocycles. The first-order chi connectivity index (χ1) is 17.8. The van der Waals surface area contributed by atoms with E-state index in [-0.39, 0.29) is 35.1 Å². The summed E-state index contributed by atoms with van der Waals surface area (Å²) in [6.07, 6.45) is 10.0. The highest BCUT2D eigenvalue weighted by molar-refractivity contribution is 5.93. The minimum absolute atomic E-state index is 0.0132. The molecule has 2 aliphatic carbocycles. The summed E-state index contributed by atoms with van der Waals surface area (Å²) >= 11 is 0. The Kier molecular flexibility index (Phi) is 7.67. The molecular formula is C26H32N8O3. The summed E-state index contributed by atoms with van der Waals surface area (Å²) in [7, 11) is 1.50. The van der Waals surface area contributed by atoms with Crippen molar-refractivity contribution in [2.75, 3.05) is 12.4 Å². The number of hydrogen-bond donors (Lipinski definition) is 5. The second-order valence-electron chi connectivity index (χ2n) is 9.32. The summed E-state index contributed by atoms with van der Waals surface area (Å²) < 4.78 is 7.54. The lowest BCUT2D eigenvalue weighted by atomic mass is 9.95. The number of carbonyl (C=O) groups excluding carboxylic acids is 2. The van der Waals surface area contributed by atoms with Crippen LogP contribution in [0, 0.1) is 17.2 Å². The standard InChI is InChI=1S/C26H32N8O3/c1-37-24-17(18-14-31-34(21(18)13-27)16-6-3-2-4-7-16)8-5-9-19(24)32-20(23(29)25(30)35)12-22(28)33-26(36)15-10-11-15/h5,8-9,12,14-16,32H,2-4,6-7,10-11,28-29H2,1H3,(H2,30,35)(H,33,36)/b22-12+,23-20+. The maximum absolute atomic E-state index is 12.1. The zero-order valence-corrected chi connectivity index (χ0v) is 20.8. The van der Waals surface area contributed by atoms with E-state index < -0.39 is 5.91 Å². The zero-order valence-electron chi connectivity index (χ0n) is 20.8. The van der Waals surface area contributed by atoms with Gasteiger partial charge in [-0.05, 0) is 31.7 Å². The molecule has 194 valence electrons. The molecule has 0 atom stereocenters. The van der Waals surface area contributed by atoms with E-state index in [2.05, 4.69) is 21.8 Å². The largest absolute Gasteiger partial charge is 0.494 e. The van der Waals surface area contributed by atoms with Gasteiger partial charge in [0.05, 0.1) is 30.7 Å². The lowest BCUT2D eigenvalue weighted by Gasteiger charge is -2.22. The lowest BCUT2D eigenvalue weighted by molar-refractivity contribution is -0.121. The summed E-state index contributed by atoms with van der Waals surface area (Å²) in [5, 5.41) is 20.2. The third-order valence-corrected chi connectivity index (χ3v) is 6.67. The third kappa shape index (κ3) is 5.69. The number of anilines is 1. The van der Waals surface area contributed by atoms with Gasteiger partial charge in [-0.15, -0.1) is 0 Å². The van der Waals surface area contributed by atoms with Crippen LogP contribution < -0.4 is 32.6 Å². The molecule has 2 fully saturated rings. The van der Waals surface area contributed by atoms with Gasteiger partial charge < -0.3 is 32.6 Å². The molecule has 0 spiro atoms. The number of ether oxygens (including phenoxy) is 1.